The van der Waals surface area contributed by atoms with Crippen LogP contribution in [0, 0.1) is 20.8 Å². The van der Waals surface area contributed by atoms with Crippen LogP contribution in [0.3, 0.4) is 0 Å². The summed E-state index contributed by atoms with van der Waals surface area (Å²) in [6, 6.07) is 17.5. The number of esters is 1. The molecule has 0 saturated heterocycles. The molecule has 4 rings (SSSR count). The molecule has 0 spiro atoms. The zero-order valence-corrected chi connectivity index (χ0v) is 21.6. The van der Waals surface area contributed by atoms with Crippen LogP contribution in [0.5, 0.6) is 0 Å². The standard InChI is InChI=1S/C29H29ClN2O3/c1-17-12-13-24(16-26(17)30)31-18(2)14-23(20(31)4)15-25-27(29(34)35-6)21(5)32(28(25)33)19(3)22-10-8-7-9-11-22/h7-16,19H,1-6H3/b25-15-. The molecule has 0 aliphatic carbocycles. The van der Waals surface area contributed by atoms with E-state index >= 15 is 0 Å². The lowest BCUT2D eigenvalue weighted by molar-refractivity contribution is -0.136. The van der Waals surface area contributed by atoms with Gasteiger partial charge in [0.2, 0.25) is 0 Å². The number of benzene rings is 2. The van der Waals surface area contributed by atoms with E-state index in [4.69, 9.17) is 16.3 Å². The van der Waals surface area contributed by atoms with Crippen molar-refractivity contribution in [1.82, 2.24) is 9.47 Å². The molecule has 1 amide bonds. The Morgan fingerprint density at radius 1 is 1.03 bits per heavy atom. The summed E-state index contributed by atoms with van der Waals surface area (Å²) in [7, 11) is 1.33. The molecule has 1 unspecified atom stereocenters. The lowest BCUT2D eigenvalue weighted by Gasteiger charge is -2.26. The third-order valence-corrected chi connectivity index (χ3v) is 7.09. The van der Waals surface area contributed by atoms with Gasteiger partial charge in [-0.05, 0) is 75.6 Å². The van der Waals surface area contributed by atoms with Gasteiger partial charge < -0.3 is 14.2 Å². The number of halogens is 1. The van der Waals surface area contributed by atoms with Crippen LogP contribution in [-0.4, -0.2) is 28.5 Å². The maximum absolute atomic E-state index is 13.7. The Labute approximate surface area is 211 Å². The second kappa shape index (κ2) is 9.59. The lowest BCUT2D eigenvalue weighted by Crippen LogP contribution is -2.28. The highest BCUT2D eigenvalue weighted by Gasteiger charge is 2.39. The summed E-state index contributed by atoms with van der Waals surface area (Å²) in [6.45, 7) is 9.72. The molecule has 0 N–H and O–H groups in total. The van der Waals surface area contributed by atoms with E-state index in [9.17, 15) is 9.59 Å². The quantitative estimate of drug-likeness (QED) is 0.304. The highest BCUT2D eigenvalue weighted by atomic mass is 35.5. The number of allylic oxidation sites excluding steroid dienone is 1. The molecule has 35 heavy (non-hydrogen) atoms. The highest BCUT2D eigenvalue weighted by Crippen LogP contribution is 2.38. The van der Waals surface area contributed by atoms with Crippen molar-refractivity contribution in [3.8, 4) is 5.69 Å². The minimum absolute atomic E-state index is 0.220. The third-order valence-electron chi connectivity index (χ3n) is 6.68. The first kappa shape index (κ1) is 24.6. The Morgan fingerprint density at radius 3 is 2.34 bits per heavy atom. The lowest BCUT2D eigenvalue weighted by atomic mass is 10.0. The second-order valence-corrected chi connectivity index (χ2v) is 9.27. The predicted molar refractivity (Wildman–Crippen MR) is 139 cm³/mol. The van der Waals surface area contributed by atoms with Gasteiger partial charge in [-0.3, -0.25) is 4.79 Å². The zero-order valence-electron chi connectivity index (χ0n) is 20.8. The molecule has 1 aliphatic rings. The number of ether oxygens (including phenoxy) is 1. The van der Waals surface area contributed by atoms with Gasteiger partial charge in [0.05, 0.1) is 24.3 Å². The van der Waals surface area contributed by atoms with Gasteiger partial charge in [0.25, 0.3) is 5.91 Å². The SMILES string of the molecule is COC(=O)C1=C(C)N(C(C)c2ccccc2)C(=O)/C1=C\c1cc(C)n(-c2ccc(C)c(Cl)c2)c1C. The van der Waals surface area contributed by atoms with Crippen LogP contribution < -0.4 is 0 Å². The van der Waals surface area contributed by atoms with Gasteiger partial charge in [-0.25, -0.2) is 4.79 Å². The van der Waals surface area contributed by atoms with E-state index in [1.165, 1.54) is 7.11 Å². The fourth-order valence-corrected chi connectivity index (χ4v) is 4.93. The summed E-state index contributed by atoms with van der Waals surface area (Å²) >= 11 is 6.38. The highest BCUT2D eigenvalue weighted by molar-refractivity contribution is 6.31. The Bertz CT molecular complexity index is 1380. The predicted octanol–water partition coefficient (Wildman–Crippen LogP) is 6.49. The summed E-state index contributed by atoms with van der Waals surface area (Å²) < 4.78 is 7.16. The first-order valence-electron chi connectivity index (χ1n) is 11.5. The molecule has 2 aromatic carbocycles. The number of rotatable bonds is 5. The molecule has 180 valence electrons. The number of aromatic nitrogens is 1. The molecule has 6 heteroatoms. The number of hydrogen-bond acceptors (Lipinski definition) is 3. The minimum Gasteiger partial charge on any atom is -0.465 e. The van der Waals surface area contributed by atoms with Gasteiger partial charge >= 0.3 is 5.97 Å². The number of methoxy groups -OCH3 is 1. The molecule has 3 aromatic rings. The van der Waals surface area contributed by atoms with Crippen LogP contribution in [0.15, 0.2) is 71.4 Å². The normalized spacial score (nSPS) is 15.8. The Balaban J connectivity index is 1.82. The van der Waals surface area contributed by atoms with E-state index in [1.807, 2.05) is 82.3 Å². The van der Waals surface area contributed by atoms with Crippen molar-refractivity contribution in [2.45, 2.75) is 40.7 Å². The topological polar surface area (TPSA) is 51.5 Å². The maximum atomic E-state index is 13.7. The van der Waals surface area contributed by atoms with E-state index in [-0.39, 0.29) is 11.9 Å². The van der Waals surface area contributed by atoms with Crippen molar-refractivity contribution in [3.05, 3.63) is 105 Å². The van der Waals surface area contributed by atoms with Crippen LogP contribution >= 0.6 is 11.6 Å². The molecule has 5 nitrogen and oxygen atoms in total. The number of carbonyl (C=O) groups excluding carboxylic acids is 2. The van der Waals surface area contributed by atoms with Crippen molar-refractivity contribution in [1.29, 1.82) is 0 Å². The Kier molecular flexibility index (Phi) is 6.73. The van der Waals surface area contributed by atoms with E-state index < -0.39 is 5.97 Å². The van der Waals surface area contributed by atoms with Gasteiger partial charge in [-0.1, -0.05) is 48.0 Å². The van der Waals surface area contributed by atoms with Gasteiger partial charge in [0, 0.05) is 27.8 Å². The summed E-state index contributed by atoms with van der Waals surface area (Å²) in [5, 5.41) is 0.693. The van der Waals surface area contributed by atoms with Crippen molar-refractivity contribution in [2.75, 3.05) is 7.11 Å². The minimum atomic E-state index is -0.524. The average molecular weight is 489 g/mol. The summed E-state index contributed by atoms with van der Waals surface area (Å²) in [6.07, 6.45) is 1.80. The maximum Gasteiger partial charge on any atom is 0.340 e. The van der Waals surface area contributed by atoms with Gasteiger partial charge in [-0.2, -0.15) is 0 Å². The van der Waals surface area contributed by atoms with Crippen LogP contribution in [0.4, 0.5) is 0 Å². The van der Waals surface area contributed by atoms with Crippen LogP contribution in [-0.2, 0) is 14.3 Å². The number of amides is 1. The van der Waals surface area contributed by atoms with Gasteiger partial charge in [0.15, 0.2) is 0 Å². The number of hydrogen-bond donors (Lipinski definition) is 0. The molecule has 1 aromatic heterocycles. The molecule has 0 radical (unpaired) electrons. The first-order valence-corrected chi connectivity index (χ1v) is 11.9. The Morgan fingerprint density at radius 2 is 1.71 bits per heavy atom. The zero-order chi connectivity index (χ0) is 25.4. The number of nitrogens with zero attached hydrogens (tertiary/aromatic N) is 2. The monoisotopic (exact) mass is 488 g/mol. The summed E-state index contributed by atoms with van der Waals surface area (Å²) in [5.74, 6) is -0.744. The van der Waals surface area contributed by atoms with E-state index in [0.717, 1.165) is 33.8 Å². The van der Waals surface area contributed by atoms with E-state index in [0.29, 0.717) is 21.9 Å². The van der Waals surface area contributed by atoms with E-state index in [2.05, 4.69) is 4.57 Å². The molecular formula is C29H29ClN2O3. The molecule has 0 fully saturated rings. The fourth-order valence-electron chi connectivity index (χ4n) is 4.75. The van der Waals surface area contributed by atoms with Crippen molar-refractivity contribution in [3.63, 3.8) is 0 Å². The summed E-state index contributed by atoms with van der Waals surface area (Å²) in [5.41, 5.74) is 6.94. The van der Waals surface area contributed by atoms with Gasteiger partial charge in [-0.15, -0.1) is 0 Å². The smallest absolute Gasteiger partial charge is 0.340 e. The van der Waals surface area contributed by atoms with Crippen LogP contribution in [0.1, 0.15) is 48.0 Å². The Hall–Kier alpha value is -3.57. The summed E-state index contributed by atoms with van der Waals surface area (Å²) in [4.78, 5) is 28.2. The molecular weight excluding hydrogens is 460 g/mol. The van der Waals surface area contributed by atoms with Crippen molar-refractivity contribution < 1.29 is 14.3 Å². The number of carbonyl (C=O) groups is 2. The van der Waals surface area contributed by atoms with Crippen LogP contribution in [0.2, 0.25) is 5.02 Å². The van der Waals surface area contributed by atoms with Crippen molar-refractivity contribution >= 4 is 29.6 Å². The molecule has 2 heterocycles. The molecule has 1 aliphatic heterocycles. The fraction of sp³-hybridized carbons (Fsp3) is 0.241. The molecule has 1 atom stereocenters. The first-order chi connectivity index (χ1) is 16.6. The van der Waals surface area contributed by atoms with Crippen molar-refractivity contribution in [2.24, 2.45) is 0 Å². The van der Waals surface area contributed by atoms with Gasteiger partial charge in [0.1, 0.15) is 0 Å². The van der Waals surface area contributed by atoms with E-state index in [1.54, 1.807) is 17.9 Å². The van der Waals surface area contributed by atoms with Crippen LogP contribution in [0.25, 0.3) is 11.8 Å². The largest absolute Gasteiger partial charge is 0.465 e. The second-order valence-electron chi connectivity index (χ2n) is 8.87. The molecule has 0 saturated carbocycles. The third kappa shape index (κ3) is 4.32. The molecule has 0 bridgehead atoms. The number of aryl methyl sites for hydroxylation is 2. The average Bonchev–Trinajstić information content (AvgIpc) is 3.26.